The normalized spacial score (nSPS) is 22.5. The number of hydrogen-bond donors (Lipinski definition) is 0. The van der Waals surface area contributed by atoms with Gasteiger partial charge in [0.25, 0.3) is 0 Å². The second-order valence-electron chi connectivity index (χ2n) is 5.42. The van der Waals surface area contributed by atoms with E-state index in [0.29, 0.717) is 22.2 Å². The molecule has 26 heavy (non-hydrogen) atoms. The first-order chi connectivity index (χ1) is 12.4. The van der Waals surface area contributed by atoms with Crippen LogP contribution in [-0.4, -0.2) is 46.3 Å². The third-order valence-corrected chi connectivity index (χ3v) is 4.14. The summed E-state index contributed by atoms with van der Waals surface area (Å²) < 4.78 is 18.4. The maximum atomic E-state index is 10.4. The first kappa shape index (κ1) is 18.8. The number of benzene rings is 1. The predicted molar refractivity (Wildman–Crippen MR) is 88.5 cm³/mol. The van der Waals surface area contributed by atoms with Gasteiger partial charge in [-0.15, -0.1) is 15.2 Å². The highest BCUT2D eigenvalue weighted by Crippen LogP contribution is 2.40. The molecule has 1 aromatic heterocycles. The third kappa shape index (κ3) is 4.05. The van der Waals surface area contributed by atoms with Gasteiger partial charge in [-0.2, -0.15) is 4.98 Å². The quantitative estimate of drug-likeness (QED) is 0.509. The standard InChI is InChI=1S/C14H14Cl2N4O6/c1-23-5-10-6-24-14(25-10,11-3-2-9(15)4-12(11)16)7-19-8-17-13(18-19)26-20(21)22/h2-4,8,10H,5-7H2,1H3. The Kier molecular flexibility index (Phi) is 5.58. The minimum Gasteiger partial charge on any atom is -0.382 e. The maximum Gasteiger partial charge on any atom is 0.327 e. The molecule has 0 N–H and O–H groups in total. The van der Waals surface area contributed by atoms with Gasteiger partial charge in [0.1, 0.15) is 19.0 Å². The van der Waals surface area contributed by atoms with Crippen molar-refractivity contribution in [2.45, 2.75) is 18.4 Å². The average molecular weight is 405 g/mol. The van der Waals surface area contributed by atoms with Crippen LogP contribution >= 0.6 is 23.2 Å². The van der Waals surface area contributed by atoms with Crippen molar-refractivity contribution in [3.63, 3.8) is 0 Å². The summed E-state index contributed by atoms with van der Waals surface area (Å²) in [5, 5.41) is 14.1. The molecule has 12 heteroatoms. The summed E-state index contributed by atoms with van der Waals surface area (Å²) in [4.78, 5) is 18.3. The van der Waals surface area contributed by atoms with Crippen LogP contribution in [0.5, 0.6) is 6.01 Å². The number of rotatable bonds is 7. The summed E-state index contributed by atoms with van der Waals surface area (Å²) in [5.74, 6) is -1.29. The van der Waals surface area contributed by atoms with E-state index in [1.165, 1.54) is 11.0 Å². The van der Waals surface area contributed by atoms with Crippen LogP contribution in [0.3, 0.4) is 0 Å². The Morgan fingerprint density at radius 1 is 1.50 bits per heavy atom. The van der Waals surface area contributed by atoms with Crippen LogP contribution in [-0.2, 0) is 26.5 Å². The zero-order valence-corrected chi connectivity index (χ0v) is 15.0. The summed E-state index contributed by atoms with van der Waals surface area (Å²) in [5.41, 5.74) is 0.536. The molecule has 0 bridgehead atoms. The van der Waals surface area contributed by atoms with E-state index in [1.54, 1.807) is 25.3 Å². The molecule has 1 fully saturated rings. The van der Waals surface area contributed by atoms with Gasteiger partial charge in [0.2, 0.25) is 5.79 Å². The summed E-state index contributed by atoms with van der Waals surface area (Å²) in [6, 6.07) is 4.51. The Morgan fingerprint density at radius 2 is 2.31 bits per heavy atom. The van der Waals surface area contributed by atoms with E-state index in [1.807, 2.05) is 0 Å². The first-order valence-electron chi connectivity index (χ1n) is 7.40. The number of methoxy groups -OCH3 is 1. The van der Waals surface area contributed by atoms with Gasteiger partial charge in [0, 0.05) is 17.7 Å². The Morgan fingerprint density at radius 3 is 3.00 bits per heavy atom. The maximum absolute atomic E-state index is 10.4. The van der Waals surface area contributed by atoms with Crippen LogP contribution in [0.15, 0.2) is 24.5 Å². The number of aromatic nitrogens is 3. The van der Waals surface area contributed by atoms with Crippen molar-refractivity contribution in [3.8, 4) is 6.01 Å². The van der Waals surface area contributed by atoms with E-state index >= 15 is 0 Å². The molecular formula is C14H14Cl2N4O6. The molecule has 3 rings (SSSR count). The monoisotopic (exact) mass is 404 g/mol. The Balaban J connectivity index is 1.91. The van der Waals surface area contributed by atoms with E-state index in [0.717, 1.165) is 0 Å². The number of nitrogens with zero attached hydrogens (tertiary/aromatic N) is 4. The summed E-state index contributed by atoms with van der Waals surface area (Å²) in [7, 11) is 1.55. The first-order valence-corrected chi connectivity index (χ1v) is 8.15. The Labute approximate surface area is 157 Å². The van der Waals surface area contributed by atoms with E-state index in [9.17, 15) is 10.1 Å². The lowest BCUT2D eigenvalue weighted by molar-refractivity contribution is -0.713. The van der Waals surface area contributed by atoms with Crippen LogP contribution in [0.25, 0.3) is 0 Å². The largest absolute Gasteiger partial charge is 0.382 e. The summed E-state index contributed by atoms with van der Waals surface area (Å²) in [6.45, 7) is 0.613. The van der Waals surface area contributed by atoms with E-state index < -0.39 is 16.9 Å². The van der Waals surface area contributed by atoms with Gasteiger partial charge in [-0.3, -0.25) is 0 Å². The molecule has 2 atom stereocenters. The van der Waals surface area contributed by atoms with Crippen molar-refractivity contribution in [3.05, 3.63) is 50.2 Å². The summed E-state index contributed by atoms with van der Waals surface area (Å²) >= 11 is 12.3. The van der Waals surface area contributed by atoms with Crippen LogP contribution in [0.4, 0.5) is 0 Å². The van der Waals surface area contributed by atoms with E-state index in [2.05, 4.69) is 14.9 Å². The average Bonchev–Trinajstić information content (AvgIpc) is 3.15. The van der Waals surface area contributed by atoms with Crippen molar-refractivity contribution >= 4 is 23.2 Å². The molecule has 0 amide bonds. The molecule has 0 saturated carbocycles. The molecule has 1 aromatic carbocycles. The van der Waals surface area contributed by atoms with Gasteiger partial charge in [-0.1, -0.05) is 29.3 Å². The van der Waals surface area contributed by atoms with Crippen molar-refractivity contribution in [2.24, 2.45) is 0 Å². The second-order valence-corrected chi connectivity index (χ2v) is 6.27. The van der Waals surface area contributed by atoms with E-state index in [4.69, 9.17) is 37.4 Å². The van der Waals surface area contributed by atoms with Gasteiger partial charge in [0.15, 0.2) is 0 Å². The Bertz CT molecular complexity index is 803. The van der Waals surface area contributed by atoms with Crippen molar-refractivity contribution in [2.75, 3.05) is 20.3 Å². The highest BCUT2D eigenvalue weighted by molar-refractivity contribution is 6.35. The molecule has 2 heterocycles. The number of halogens is 2. The molecule has 0 radical (unpaired) electrons. The third-order valence-electron chi connectivity index (χ3n) is 3.60. The van der Waals surface area contributed by atoms with E-state index in [-0.39, 0.29) is 19.3 Å². The zero-order chi connectivity index (χ0) is 18.7. The van der Waals surface area contributed by atoms with Crippen molar-refractivity contribution < 1.29 is 24.1 Å². The fraction of sp³-hybridized carbons (Fsp3) is 0.429. The summed E-state index contributed by atoms with van der Waals surface area (Å²) in [6.07, 6.45) is 0.936. The molecule has 0 spiro atoms. The molecule has 2 aromatic rings. The molecule has 1 saturated heterocycles. The van der Waals surface area contributed by atoms with Crippen LogP contribution < -0.4 is 4.84 Å². The minimum absolute atomic E-state index is 0.0304. The molecular weight excluding hydrogens is 391 g/mol. The molecule has 10 nitrogen and oxygen atoms in total. The van der Waals surface area contributed by atoms with Crippen LogP contribution in [0.1, 0.15) is 5.56 Å². The van der Waals surface area contributed by atoms with Crippen molar-refractivity contribution in [1.29, 1.82) is 0 Å². The number of ether oxygens (including phenoxy) is 3. The minimum atomic E-state index is -1.29. The topological polar surface area (TPSA) is 111 Å². The fourth-order valence-electron chi connectivity index (χ4n) is 2.62. The van der Waals surface area contributed by atoms with Crippen molar-refractivity contribution in [1.82, 2.24) is 14.8 Å². The lowest BCUT2D eigenvalue weighted by atomic mass is 10.1. The fourth-order valence-corrected chi connectivity index (χ4v) is 3.17. The smallest absolute Gasteiger partial charge is 0.327 e. The van der Waals surface area contributed by atoms with Gasteiger partial charge in [0.05, 0.1) is 18.2 Å². The van der Waals surface area contributed by atoms with Crippen LogP contribution in [0, 0.1) is 10.1 Å². The SMILES string of the molecule is COCC1COC(Cn2cnc(O[N+](=O)[O-])n2)(c2ccc(Cl)cc2Cl)O1. The highest BCUT2D eigenvalue weighted by atomic mass is 35.5. The molecule has 140 valence electrons. The molecule has 2 unspecified atom stereocenters. The predicted octanol–water partition coefficient (Wildman–Crippen LogP) is 2.07. The Hall–Kier alpha value is -1.98. The number of hydrogen-bond acceptors (Lipinski definition) is 8. The molecule has 1 aliphatic heterocycles. The lowest BCUT2D eigenvalue weighted by Gasteiger charge is -2.29. The van der Waals surface area contributed by atoms with Gasteiger partial charge >= 0.3 is 11.1 Å². The van der Waals surface area contributed by atoms with Gasteiger partial charge in [-0.25, -0.2) is 9.52 Å². The zero-order valence-electron chi connectivity index (χ0n) is 13.5. The molecule has 0 aliphatic carbocycles. The lowest BCUT2D eigenvalue weighted by Crippen LogP contribution is -2.34. The van der Waals surface area contributed by atoms with Crippen LogP contribution in [0.2, 0.25) is 10.0 Å². The van der Waals surface area contributed by atoms with Gasteiger partial charge in [-0.05, 0) is 12.1 Å². The van der Waals surface area contributed by atoms with Gasteiger partial charge < -0.3 is 14.2 Å². The highest BCUT2D eigenvalue weighted by Gasteiger charge is 2.45. The molecule has 1 aliphatic rings. The second kappa shape index (κ2) is 7.72.